The number of carbonyl (C=O) groups is 2. The third-order valence-electron chi connectivity index (χ3n) is 3.32. The van der Waals surface area contributed by atoms with Crippen LogP contribution in [0.15, 0.2) is 58.3 Å². The lowest BCUT2D eigenvalue weighted by molar-refractivity contribution is 0.0932. The molecule has 0 bridgehead atoms. The summed E-state index contributed by atoms with van der Waals surface area (Å²) in [7, 11) is 0. The van der Waals surface area contributed by atoms with Gasteiger partial charge in [0, 0.05) is 21.9 Å². The topological polar surface area (TPSA) is 58.2 Å². The van der Waals surface area contributed by atoms with Gasteiger partial charge in [-0.1, -0.05) is 36.0 Å². The molecule has 2 aromatic rings. The molecular formula is C20H24N2O2S. The van der Waals surface area contributed by atoms with Gasteiger partial charge in [-0.05, 0) is 52.0 Å². The molecule has 4 nitrogen and oxygen atoms in total. The molecule has 0 fully saturated rings. The van der Waals surface area contributed by atoms with Crippen LogP contribution in [0.2, 0.25) is 0 Å². The largest absolute Gasteiger partial charge is 0.350 e. The fourth-order valence-corrected chi connectivity index (χ4v) is 3.36. The fourth-order valence-electron chi connectivity index (χ4n) is 2.28. The van der Waals surface area contributed by atoms with Crippen molar-refractivity contribution in [1.29, 1.82) is 0 Å². The lowest BCUT2D eigenvalue weighted by Crippen LogP contribution is -2.30. The summed E-state index contributed by atoms with van der Waals surface area (Å²) in [5, 5.41) is 5.83. The minimum absolute atomic E-state index is 0.0645. The molecule has 2 rings (SSSR count). The van der Waals surface area contributed by atoms with Gasteiger partial charge in [-0.2, -0.15) is 0 Å². The summed E-state index contributed by atoms with van der Waals surface area (Å²) in [6.45, 7) is 7.72. The average molecular weight is 356 g/mol. The van der Waals surface area contributed by atoms with Gasteiger partial charge in [0.2, 0.25) is 0 Å². The number of rotatable bonds is 6. The Morgan fingerprint density at radius 2 is 1.08 bits per heavy atom. The normalized spacial score (nSPS) is 10.8. The Bertz CT molecular complexity index is 693. The Morgan fingerprint density at radius 1 is 0.720 bits per heavy atom. The van der Waals surface area contributed by atoms with Crippen LogP contribution in [0.5, 0.6) is 0 Å². The van der Waals surface area contributed by atoms with Crippen molar-refractivity contribution in [3.05, 3.63) is 59.7 Å². The summed E-state index contributed by atoms with van der Waals surface area (Å²) in [5.74, 6) is -0.218. The highest BCUT2D eigenvalue weighted by Gasteiger charge is 2.16. The summed E-state index contributed by atoms with van der Waals surface area (Å²) in [6.07, 6.45) is 0. The molecule has 0 aliphatic carbocycles. The van der Waals surface area contributed by atoms with E-state index in [0.717, 1.165) is 9.79 Å². The van der Waals surface area contributed by atoms with E-state index >= 15 is 0 Å². The number of carbonyl (C=O) groups excluding carboxylic acids is 2. The molecule has 2 aromatic carbocycles. The predicted octanol–water partition coefficient (Wildman–Crippen LogP) is 4.11. The summed E-state index contributed by atoms with van der Waals surface area (Å²) < 4.78 is 0. The monoisotopic (exact) mass is 356 g/mol. The highest BCUT2D eigenvalue weighted by atomic mass is 32.2. The molecule has 0 radical (unpaired) electrons. The Balaban J connectivity index is 2.32. The number of hydrogen-bond acceptors (Lipinski definition) is 3. The van der Waals surface area contributed by atoms with Crippen LogP contribution in [0.4, 0.5) is 0 Å². The van der Waals surface area contributed by atoms with Gasteiger partial charge < -0.3 is 10.6 Å². The molecule has 132 valence electrons. The van der Waals surface area contributed by atoms with Crippen LogP contribution in [-0.2, 0) is 0 Å². The molecule has 0 unspecified atom stereocenters. The van der Waals surface area contributed by atoms with E-state index in [1.807, 2.05) is 64.1 Å². The summed E-state index contributed by atoms with van der Waals surface area (Å²) in [5.41, 5.74) is 1.22. The maximum absolute atomic E-state index is 12.4. The van der Waals surface area contributed by atoms with Crippen LogP contribution >= 0.6 is 11.8 Å². The molecule has 25 heavy (non-hydrogen) atoms. The fraction of sp³-hybridized carbons (Fsp3) is 0.300. The van der Waals surface area contributed by atoms with E-state index in [-0.39, 0.29) is 23.9 Å². The maximum atomic E-state index is 12.4. The highest BCUT2D eigenvalue weighted by Crippen LogP contribution is 2.33. The third-order valence-corrected chi connectivity index (χ3v) is 4.47. The van der Waals surface area contributed by atoms with Crippen LogP contribution in [0.3, 0.4) is 0 Å². The van der Waals surface area contributed by atoms with Crippen molar-refractivity contribution in [2.24, 2.45) is 0 Å². The lowest BCUT2D eigenvalue weighted by atomic mass is 10.2. The minimum Gasteiger partial charge on any atom is -0.350 e. The first kappa shape index (κ1) is 19.1. The van der Waals surface area contributed by atoms with Crippen molar-refractivity contribution < 1.29 is 9.59 Å². The summed E-state index contributed by atoms with van der Waals surface area (Å²) >= 11 is 1.43. The van der Waals surface area contributed by atoms with E-state index < -0.39 is 0 Å². The van der Waals surface area contributed by atoms with Gasteiger partial charge in [0.05, 0.1) is 11.1 Å². The smallest absolute Gasteiger partial charge is 0.252 e. The lowest BCUT2D eigenvalue weighted by Gasteiger charge is -2.14. The molecule has 2 N–H and O–H groups in total. The number of amides is 2. The number of benzene rings is 2. The second kappa shape index (κ2) is 8.72. The molecule has 0 aliphatic heterocycles. The van der Waals surface area contributed by atoms with Crippen LogP contribution in [0, 0.1) is 0 Å². The molecule has 0 atom stereocenters. The molecule has 2 amide bonds. The van der Waals surface area contributed by atoms with E-state index in [4.69, 9.17) is 0 Å². The van der Waals surface area contributed by atoms with Crippen molar-refractivity contribution in [3.63, 3.8) is 0 Å². The Kier molecular flexibility index (Phi) is 6.65. The van der Waals surface area contributed by atoms with Gasteiger partial charge in [-0.25, -0.2) is 0 Å². The SMILES string of the molecule is CC(C)NC(=O)c1ccccc1Sc1ccccc1C(=O)NC(C)C. The summed E-state index contributed by atoms with van der Waals surface area (Å²) in [4.78, 5) is 26.5. The van der Waals surface area contributed by atoms with E-state index in [2.05, 4.69) is 10.6 Å². The van der Waals surface area contributed by atoms with Gasteiger partial charge in [-0.3, -0.25) is 9.59 Å². The van der Waals surface area contributed by atoms with Gasteiger partial charge in [-0.15, -0.1) is 0 Å². The molecule has 0 saturated heterocycles. The Labute approximate surface area is 153 Å². The van der Waals surface area contributed by atoms with Gasteiger partial charge >= 0.3 is 0 Å². The zero-order valence-corrected chi connectivity index (χ0v) is 15.8. The number of nitrogens with one attached hydrogen (secondary N) is 2. The van der Waals surface area contributed by atoms with Crippen LogP contribution in [0.1, 0.15) is 48.4 Å². The van der Waals surface area contributed by atoms with Crippen molar-refractivity contribution in [2.75, 3.05) is 0 Å². The van der Waals surface area contributed by atoms with Crippen LogP contribution in [-0.4, -0.2) is 23.9 Å². The van der Waals surface area contributed by atoms with E-state index in [9.17, 15) is 9.59 Å². The molecule has 0 aromatic heterocycles. The van der Waals surface area contributed by atoms with E-state index in [0.29, 0.717) is 11.1 Å². The first-order chi connectivity index (χ1) is 11.9. The van der Waals surface area contributed by atoms with Crippen LogP contribution < -0.4 is 10.6 Å². The molecule has 5 heteroatoms. The standard InChI is InChI=1S/C20H24N2O2S/c1-13(2)21-19(23)15-9-5-7-11-17(15)25-18-12-8-6-10-16(18)20(24)22-14(3)4/h5-14H,1-4H3,(H,21,23)(H,22,24). The Morgan fingerprint density at radius 3 is 1.44 bits per heavy atom. The molecule has 0 aliphatic rings. The highest BCUT2D eigenvalue weighted by molar-refractivity contribution is 7.99. The first-order valence-corrected chi connectivity index (χ1v) is 9.17. The van der Waals surface area contributed by atoms with Gasteiger partial charge in [0.15, 0.2) is 0 Å². The van der Waals surface area contributed by atoms with Crippen LogP contribution in [0.25, 0.3) is 0 Å². The van der Waals surface area contributed by atoms with Crippen molar-refractivity contribution in [2.45, 2.75) is 49.6 Å². The quantitative estimate of drug-likeness (QED) is 0.819. The number of hydrogen-bond donors (Lipinski definition) is 2. The van der Waals surface area contributed by atoms with Crippen molar-refractivity contribution in [1.82, 2.24) is 10.6 Å². The zero-order chi connectivity index (χ0) is 18.4. The average Bonchev–Trinajstić information content (AvgIpc) is 2.54. The van der Waals surface area contributed by atoms with E-state index in [1.165, 1.54) is 11.8 Å². The first-order valence-electron chi connectivity index (χ1n) is 8.36. The predicted molar refractivity (Wildman–Crippen MR) is 102 cm³/mol. The van der Waals surface area contributed by atoms with Crippen molar-refractivity contribution in [3.8, 4) is 0 Å². The van der Waals surface area contributed by atoms with Gasteiger partial charge in [0.25, 0.3) is 11.8 Å². The Hall–Kier alpha value is -2.27. The summed E-state index contributed by atoms with van der Waals surface area (Å²) in [6, 6.07) is 15.0. The second-order valence-corrected chi connectivity index (χ2v) is 7.43. The maximum Gasteiger partial charge on any atom is 0.252 e. The van der Waals surface area contributed by atoms with Crippen molar-refractivity contribution >= 4 is 23.6 Å². The van der Waals surface area contributed by atoms with Gasteiger partial charge in [0.1, 0.15) is 0 Å². The zero-order valence-electron chi connectivity index (χ0n) is 15.0. The molecule has 0 spiro atoms. The molecule has 0 heterocycles. The second-order valence-electron chi connectivity index (χ2n) is 6.35. The third kappa shape index (κ3) is 5.36. The minimum atomic E-state index is -0.109. The molecule has 0 saturated carbocycles. The van der Waals surface area contributed by atoms with E-state index in [1.54, 1.807) is 12.1 Å². The molecular weight excluding hydrogens is 332 g/mol.